The average Bonchev–Trinajstić information content (AvgIpc) is 2.87. The first-order valence-electron chi connectivity index (χ1n) is 4.78. The number of hydrogen-bond donors (Lipinski definition) is 1. The molecule has 0 aliphatic heterocycles. The van der Waals surface area contributed by atoms with Crippen LogP contribution >= 0.6 is 11.3 Å². The quantitative estimate of drug-likeness (QED) is 0.858. The minimum Gasteiger partial charge on any atom is -0.481 e. The van der Waals surface area contributed by atoms with Crippen LogP contribution in [0.3, 0.4) is 0 Å². The highest BCUT2D eigenvalue weighted by Gasteiger charge is 2.08. The highest BCUT2D eigenvalue weighted by molar-refractivity contribution is 7.07. The predicted octanol–water partition coefficient (Wildman–Crippen LogP) is 1.74. The topological polar surface area (TPSA) is 76.2 Å². The van der Waals surface area contributed by atoms with Crippen molar-refractivity contribution in [2.45, 2.75) is 19.3 Å². The molecule has 0 aliphatic carbocycles. The Kier molecular flexibility index (Phi) is 3.31. The van der Waals surface area contributed by atoms with Gasteiger partial charge in [-0.25, -0.2) is 0 Å². The minimum absolute atomic E-state index is 0.0140. The lowest BCUT2D eigenvalue weighted by Crippen LogP contribution is -1.97. The van der Waals surface area contributed by atoms with E-state index in [2.05, 4.69) is 10.2 Å². The predicted molar refractivity (Wildman–Crippen MR) is 57.4 cm³/mol. The number of carbonyl (C=O) groups is 1. The molecule has 16 heavy (non-hydrogen) atoms. The van der Waals surface area contributed by atoms with Crippen molar-refractivity contribution in [3.05, 3.63) is 34.2 Å². The number of aromatic nitrogens is 2. The molecule has 0 atom stereocenters. The smallest absolute Gasteiger partial charge is 0.303 e. The second kappa shape index (κ2) is 4.89. The van der Waals surface area contributed by atoms with Crippen LogP contribution in [0.1, 0.15) is 23.8 Å². The van der Waals surface area contributed by atoms with Gasteiger partial charge >= 0.3 is 5.97 Å². The zero-order chi connectivity index (χ0) is 11.4. The first-order valence-corrected chi connectivity index (χ1v) is 5.72. The second-order valence-electron chi connectivity index (χ2n) is 3.29. The van der Waals surface area contributed by atoms with E-state index in [4.69, 9.17) is 9.52 Å². The number of aliphatic carboxylic acids is 1. The van der Waals surface area contributed by atoms with Gasteiger partial charge in [0.1, 0.15) is 0 Å². The van der Waals surface area contributed by atoms with Crippen molar-refractivity contribution in [3.8, 4) is 0 Å². The number of thiophene rings is 1. The van der Waals surface area contributed by atoms with Gasteiger partial charge in [0, 0.05) is 6.42 Å². The number of carboxylic acids is 1. The van der Waals surface area contributed by atoms with E-state index in [0.29, 0.717) is 18.2 Å². The normalized spacial score (nSPS) is 10.5. The standard InChI is InChI=1S/C10H10N2O3S/c13-10(14)2-1-8-11-12-9(15-8)5-7-3-4-16-6-7/h3-4,6H,1-2,5H2,(H,13,14). The molecule has 0 saturated carbocycles. The molecule has 2 aromatic rings. The van der Waals surface area contributed by atoms with Crippen molar-refractivity contribution < 1.29 is 14.3 Å². The molecule has 1 N–H and O–H groups in total. The van der Waals surface area contributed by atoms with Gasteiger partial charge in [0.15, 0.2) is 0 Å². The summed E-state index contributed by atoms with van der Waals surface area (Å²) < 4.78 is 5.33. The molecule has 0 spiro atoms. The van der Waals surface area contributed by atoms with E-state index in [0.717, 1.165) is 5.56 Å². The average molecular weight is 238 g/mol. The van der Waals surface area contributed by atoms with Crippen LogP contribution in [0.4, 0.5) is 0 Å². The fourth-order valence-corrected chi connectivity index (χ4v) is 1.91. The molecule has 0 saturated heterocycles. The van der Waals surface area contributed by atoms with Crippen molar-refractivity contribution in [2.75, 3.05) is 0 Å². The molecule has 84 valence electrons. The Bertz CT molecular complexity index is 464. The third-order valence-corrected chi connectivity index (χ3v) is 2.73. The van der Waals surface area contributed by atoms with Crippen LogP contribution in [0.15, 0.2) is 21.2 Å². The molecule has 2 heterocycles. The summed E-state index contributed by atoms with van der Waals surface area (Å²) in [4.78, 5) is 10.3. The molecular formula is C10H10N2O3S. The van der Waals surface area contributed by atoms with Crippen LogP contribution in [0.2, 0.25) is 0 Å². The van der Waals surface area contributed by atoms with Crippen molar-refractivity contribution in [2.24, 2.45) is 0 Å². The molecule has 0 bridgehead atoms. The summed E-state index contributed by atoms with van der Waals surface area (Å²) in [5, 5.41) is 20.2. The lowest BCUT2D eigenvalue weighted by atomic mass is 10.2. The van der Waals surface area contributed by atoms with Crippen LogP contribution in [-0.4, -0.2) is 21.3 Å². The molecule has 6 heteroatoms. The molecule has 0 radical (unpaired) electrons. The van der Waals surface area contributed by atoms with Gasteiger partial charge in [-0.3, -0.25) is 4.79 Å². The number of hydrogen-bond acceptors (Lipinski definition) is 5. The Balaban J connectivity index is 1.94. The molecule has 2 rings (SSSR count). The maximum atomic E-state index is 10.3. The van der Waals surface area contributed by atoms with E-state index in [1.165, 1.54) is 0 Å². The van der Waals surface area contributed by atoms with Crippen LogP contribution in [0, 0.1) is 0 Å². The van der Waals surface area contributed by atoms with Crippen molar-refractivity contribution >= 4 is 17.3 Å². The lowest BCUT2D eigenvalue weighted by Gasteiger charge is -1.90. The molecule has 0 aromatic carbocycles. The van der Waals surface area contributed by atoms with Crippen LogP contribution in [-0.2, 0) is 17.6 Å². The summed E-state index contributed by atoms with van der Waals surface area (Å²) in [7, 11) is 0. The van der Waals surface area contributed by atoms with Crippen LogP contribution in [0.5, 0.6) is 0 Å². The van der Waals surface area contributed by atoms with Gasteiger partial charge in [-0.2, -0.15) is 11.3 Å². The molecule has 0 fully saturated rings. The maximum Gasteiger partial charge on any atom is 0.303 e. The van der Waals surface area contributed by atoms with Gasteiger partial charge in [-0.15, -0.1) is 10.2 Å². The van der Waals surface area contributed by atoms with E-state index in [-0.39, 0.29) is 12.8 Å². The highest BCUT2D eigenvalue weighted by Crippen LogP contribution is 2.12. The van der Waals surface area contributed by atoms with E-state index in [9.17, 15) is 4.79 Å². The SMILES string of the molecule is O=C(O)CCc1nnc(Cc2ccsc2)o1. The van der Waals surface area contributed by atoms with Crippen molar-refractivity contribution in [1.82, 2.24) is 10.2 Å². The van der Waals surface area contributed by atoms with Gasteiger partial charge < -0.3 is 9.52 Å². The lowest BCUT2D eigenvalue weighted by molar-refractivity contribution is -0.137. The zero-order valence-electron chi connectivity index (χ0n) is 8.42. The monoisotopic (exact) mass is 238 g/mol. The van der Waals surface area contributed by atoms with Crippen molar-refractivity contribution in [1.29, 1.82) is 0 Å². The molecule has 0 aliphatic rings. The second-order valence-corrected chi connectivity index (χ2v) is 4.07. The molecular weight excluding hydrogens is 228 g/mol. The van der Waals surface area contributed by atoms with E-state index >= 15 is 0 Å². The molecule has 0 amide bonds. The van der Waals surface area contributed by atoms with E-state index < -0.39 is 5.97 Å². The number of nitrogens with zero attached hydrogens (tertiary/aromatic N) is 2. The number of carboxylic acid groups (broad SMARTS) is 1. The van der Waals surface area contributed by atoms with Gasteiger partial charge in [-0.1, -0.05) is 0 Å². The summed E-state index contributed by atoms with van der Waals surface area (Å²) in [6.07, 6.45) is 0.898. The van der Waals surface area contributed by atoms with Gasteiger partial charge in [-0.05, 0) is 22.4 Å². The first-order chi connectivity index (χ1) is 7.74. The van der Waals surface area contributed by atoms with E-state index in [1.807, 2.05) is 16.8 Å². The minimum atomic E-state index is -0.863. The van der Waals surface area contributed by atoms with Gasteiger partial charge in [0.2, 0.25) is 11.8 Å². The Hall–Kier alpha value is -1.69. The Morgan fingerprint density at radius 3 is 2.94 bits per heavy atom. The fourth-order valence-electron chi connectivity index (χ4n) is 1.24. The van der Waals surface area contributed by atoms with Crippen LogP contribution in [0.25, 0.3) is 0 Å². The maximum absolute atomic E-state index is 10.3. The Labute approximate surface area is 95.7 Å². The largest absolute Gasteiger partial charge is 0.481 e. The van der Waals surface area contributed by atoms with Crippen LogP contribution < -0.4 is 0 Å². The molecule has 0 unspecified atom stereocenters. The zero-order valence-corrected chi connectivity index (χ0v) is 9.24. The molecule has 5 nitrogen and oxygen atoms in total. The first kappa shape index (κ1) is 10.8. The Morgan fingerprint density at radius 1 is 1.44 bits per heavy atom. The fraction of sp³-hybridized carbons (Fsp3) is 0.300. The van der Waals surface area contributed by atoms with E-state index in [1.54, 1.807) is 11.3 Å². The summed E-state index contributed by atoms with van der Waals surface area (Å²) in [6.45, 7) is 0. The summed E-state index contributed by atoms with van der Waals surface area (Å²) in [6, 6.07) is 1.99. The summed E-state index contributed by atoms with van der Waals surface area (Å²) >= 11 is 1.61. The summed E-state index contributed by atoms with van der Waals surface area (Å²) in [5.74, 6) is 0.0454. The molecule has 2 aromatic heterocycles. The Morgan fingerprint density at radius 2 is 2.25 bits per heavy atom. The number of rotatable bonds is 5. The summed E-state index contributed by atoms with van der Waals surface area (Å²) in [5.41, 5.74) is 1.12. The van der Waals surface area contributed by atoms with Crippen molar-refractivity contribution in [3.63, 3.8) is 0 Å². The van der Waals surface area contributed by atoms with Gasteiger partial charge in [0.25, 0.3) is 0 Å². The number of aryl methyl sites for hydroxylation is 1. The third-order valence-electron chi connectivity index (χ3n) is 2.00. The third kappa shape index (κ3) is 2.90. The van der Waals surface area contributed by atoms with Gasteiger partial charge in [0.05, 0.1) is 12.8 Å². The highest BCUT2D eigenvalue weighted by atomic mass is 32.1.